The Kier molecular flexibility index (Phi) is 9.40. The van der Waals surface area contributed by atoms with Crippen molar-refractivity contribution in [1.82, 2.24) is 0 Å². The molecule has 6 heteroatoms. The molecule has 0 saturated heterocycles. The first-order valence-corrected chi connectivity index (χ1v) is 27.8. The van der Waals surface area contributed by atoms with E-state index in [1.165, 1.54) is 6.04 Å². The quantitative estimate of drug-likeness (QED) is 0.229. The summed E-state index contributed by atoms with van der Waals surface area (Å²) in [6, 6.07) is 1.19. The molecule has 0 saturated carbocycles. The maximum Gasteiger partial charge on any atom is 0.312 e. The van der Waals surface area contributed by atoms with Gasteiger partial charge in [-0.3, -0.25) is 4.79 Å². The van der Waals surface area contributed by atoms with Crippen molar-refractivity contribution in [2.45, 2.75) is 126 Å². The van der Waals surface area contributed by atoms with Crippen molar-refractivity contribution in [2.75, 3.05) is 6.61 Å². The van der Waals surface area contributed by atoms with Crippen molar-refractivity contribution >= 4 is 35.4 Å². The van der Waals surface area contributed by atoms with Crippen LogP contribution < -0.4 is 0 Å². The summed E-state index contributed by atoms with van der Waals surface area (Å²) in [6.45, 7) is 38.2. The minimum atomic E-state index is -1.49. The fourth-order valence-corrected chi connectivity index (χ4v) is 105. The van der Waals surface area contributed by atoms with Gasteiger partial charge in [0.1, 0.15) is 0 Å². The Bertz CT molecular complexity index is 550. The SMILES string of the molecule is CCC(C)(C)C(C)(CC(C)(C)C)C(=O)OCC[Si]([Si](C)(C)C)([Si](C)(C)C)[Si](C)(C)C. The van der Waals surface area contributed by atoms with Gasteiger partial charge in [0.05, 0.1) is 12.0 Å². The molecule has 0 aliphatic carbocycles. The maximum absolute atomic E-state index is 13.6. The van der Waals surface area contributed by atoms with Crippen LogP contribution in [-0.4, -0.2) is 42.0 Å². The summed E-state index contributed by atoms with van der Waals surface area (Å²) in [4.78, 5) is 13.6. The van der Waals surface area contributed by atoms with Crippen LogP contribution in [-0.2, 0) is 9.53 Å². The van der Waals surface area contributed by atoms with Crippen molar-refractivity contribution in [3.8, 4) is 0 Å². The first kappa shape index (κ1) is 30.3. The smallest absolute Gasteiger partial charge is 0.312 e. The highest BCUT2D eigenvalue weighted by atomic mass is 29.9. The summed E-state index contributed by atoms with van der Waals surface area (Å²) in [5.74, 6) is 0.0360. The second kappa shape index (κ2) is 9.30. The number of carbonyl (C=O) groups is 1. The fraction of sp³-hybridized carbons (Fsp3) is 0.958. The molecule has 0 aromatic heterocycles. The molecular weight excluding hydrogens is 433 g/mol. The number of carbonyl (C=O) groups excluding carboxylic acids is 1. The van der Waals surface area contributed by atoms with Crippen molar-refractivity contribution in [3.63, 3.8) is 0 Å². The molecule has 0 aromatic carbocycles. The summed E-state index contributed by atoms with van der Waals surface area (Å²) >= 11 is 0. The van der Waals surface area contributed by atoms with Gasteiger partial charge >= 0.3 is 5.97 Å². The van der Waals surface area contributed by atoms with E-state index in [9.17, 15) is 4.79 Å². The van der Waals surface area contributed by atoms with Crippen LogP contribution in [0.2, 0.25) is 65.0 Å². The van der Waals surface area contributed by atoms with Gasteiger partial charge in [0.25, 0.3) is 0 Å². The molecule has 1 atom stereocenters. The highest BCUT2D eigenvalue weighted by Gasteiger charge is 2.61. The van der Waals surface area contributed by atoms with Gasteiger partial charge in [0.15, 0.2) is 0 Å². The average molecular weight is 489 g/mol. The van der Waals surface area contributed by atoms with Crippen LogP contribution in [0.3, 0.4) is 0 Å². The summed E-state index contributed by atoms with van der Waals surface area (Å²) in [7, 11) is -4.01. The molecular formula is C24H56O2Si4. The normalized spacial score (nSPS) is 16.9. The molecule has 0 aliphatic heterocycles. The van der Waals surface area contributed by atoms with E-state index in [0.29, 0.717) is 6.61 Å². The molecule has 1 unspecified atom stereocenters. The Hall–Kier alpha value is 0.338. The number of hydrogen-bond donors (Lipinski definition) is 0. The predicted molar refractivity (Wildman–Crippen MR) is 148 cm³/mol. The van der Waals surface area contributed by atoms with E-state index in [4.69, 9.17) is 4.74 Å². The molecule has 2 nitrogen and oxygen atoms in total. The number of ether oxygens (including phenoxy) is 1. The van der Waals surface area contributed by atoms with E-state index in [1.54, 1.807) is 0 Å². The third-order valence-electron chi connectivity index (χ3n) is 8.26. The van der Waals surface area contributed by atoms with E-state index in [2.05, 4.69) is 107 Å². The summed E-state index contributed by atoms with van der Waals surface area (Å²) in [5.41, 5.74) is -0.447. The first-order valence-electron chi connectivity index (χ1n) is 12.1. The third-order valence-corrected chi connectivity index (χ3v) is 82.7. The molecule has 0 N–H and O–H groups in total. The monoisotopic (exact) mass is 488 g/mol. The van der Waals surface area contributed by atoms with E-state index >= 15 is 0 Å². The molecule has 180 valence electrons. The van der Waals surface area contributed by atoms with Crippen molar-refractivity contribution in [1.29, 1.82) is 0 Å². The molecule has 0 aliphatic rings. The average Bonchev–Trinajstić information content (AvgIpc) is 2.45. The minimum Gasteiger partial charge on any atom is -0.466 e. The summed E-state index contributed by atoms with van der Waals surface area (Å²) in [5, 5.41) is 0. The van der Waals surface area contributed by atoms with Crippen molar-refractivity contribution in [2.24, 2.45) is 16.2 Å². The van der Waals surface area contributed by atoms with Crippen molar-refractivity contribution in [3.05, 3.63) is 0 Å². The number of hydrogen-bond acceptors (Lipinski definition) is 2. The largest absolute Gasteiger partial charge is 0.466 e. The van der Waals surface area contributed by atoms with Crippen LogP contribution in [0.25, 0.3) is 0 Å². The maximum atomic E-state index is 13.6. The molecule has 0 rings (SSSR count). The predicted octanol–water partition coefficient (Wildman–Crippen LogP) is 8.11. The van der Waals surface area contributed by atoms with E-state index in [0.717, 1.165) is 12.8 Å². The number of rotatable bonds is 10. The fourth-order valence-electron chi connectivity index (χ4n) is 6.99. The highest BCUT2D eigenvalue weighted by molar-refractivity contribution is 7.89. The van der Waals surface area contributed by atoms with E-state index in [-0.39, 0.29) is 16.8 Å². The first-order chi connectivity index (χ1) is 12.9. The van der Waals surface area contributed by atoms with Gasteiger partial charge in [-0.05, 0) is 36.6 Å². The lowest BCUT2D eigenvalue weighted by molar-refractivity contribution is -0.165. The van der Waals surface area contributed by atoms with Gasteiger partial charge in [-0.2, -0.15) is 0 Å². The van der Waals surface area contributed by atoms with Gasteiger partial charge in [-0.25, -0.2) is 0 Å². The molecule has 0 fully saturated rings. The zero-order chi connectivity index (χ0) is 24.6. The lowest BCUT2D eigenvalue weighted by Gasteiger charge is -2.57. The summed E-state index contributed by atoms with van der Waals surface area (Å²) < 4.78 is 6.24. The Morgan fingerprint density at radius 1 is 0.733 bits per heavy atom. The topological polar surface area (TPSA) is 26.3 Å². The van der Waals surface area contributed by atoms with Gasteiger partial charge in [-0.1, -0.05) is 100 Å². The Morgan fingerprint density at radius 2 is 1.10 bits per heavy atom. The molecule has 0 bridgehead atoms. The number of esters is 1. The van der Waals surface area contributed by atoms with Crippen molar-refractivity contribution < 1.29 is 9.53 Å². The van der Waals surface area contributed by atoms with Gasteiger partial charge in [0.2, 0.25) is 0 Å². The molecule has 0 radical (unpaired) electrons. The molecule has 0 spiro atoms. The highest BCUT2D eigenvalue weighted by Crippen LogP contribution is 2.49. The molecule has 30 heavy (non-hydrogen) atoms. The van der Waals surface area contributed by atoms with Crippen LogP contribution in [0.5, 0.6) is 0 Å². The van der Waals surface area contributed by atoms with Gasteiger partial charge in [-0.15, -0.1) is 0 Å². The summed E-state index contributed by atoms with van der Waals surface area (Å²) in [6.07, 6.45) is 1.84. The third kappa shape index (κ3) is 6.22. The van der Waals surface area contributed by atoms with Crippen LogP contribution in [0.15, 0.2) is 0 Å². The van der Waals surface area contributed by atoms with Crippen LogP contribution in [0.1, 0.15) is 61.3 Å². The van der Waals surface area contributed by atoms with Crippen LogP contribution >= 0.6 is 0 Å². The molecule has 0 amide bonds. The minimum absolute atomic E-state index is 0.0360. The van der Waals surface area contributed by atoms with Crippen LogP contribution in [0, 0.1) is 16.2 Å². The second-order valence-electron chi connectivity index (χ2n) is 14.8. The van der Waals surface area contributed by atoms with Gasteiger partial charge in [0, 0.05) is 29.4 Å². The van der Waals surface area contributed by atoms with Gasteiger partial charge < -0.3 is 4.74 Å². The Labute approximate surface area is 193 Å². The lowest BCUT2D eigenvalue weighted by Crippen LogP contribution is -2.82. The standard InChI is InChI=1S/C24H56O2Si4/c1-17-23(5,6)24(7,20-22(2,3)4)21(25)26-18-19-30(27(8,9)10,28(11,12)13)29(14,15)16/h17-20H2,1-16H3. The van der Waals surface area contributed by atoms with Crippen LogP contribution in [0.4, 0.5) is 0 Å². The molecule has 0 heterocycles. The zero-order valence-electron chi connectivity index (χ0n) is 23.6. The zero-order valence-corrected chi connectivity index (χ0v) is 27.6. The van der Waals surface area contributed by atoms with E-state index < -0.39 is 34.8 Å². The Morgan fingerprint density at radius 3 is 1.37 bits per heavy atom. The Balaban J connectivity index is 5.95. The van der Waals surface area contributed by atoms with E-state index in [1.807, 2.05) is 0 Å². The molecule has 0 aromatic rings. The second-order valence-corrected chi connectivity index (χ2v) is 56.3. The lowest BCUT2D eigenvalue weighted by atomic mass is 9.59.